The van der Waals surface area contributed by atoms with Gasteiger partial charge in [0.25, 0.3) is 0 Å². The highest BCUT2D eigenvalue weighted by Gasteiger charge is 2.48. The zero-order valence-corrected chi connectivity index (χ0v) is 31.5. The standard InChI is InChI=1S/C20H24N2O3.C20H26N2O2.C2H6/c1-20(16-11-7-4-8-12-16)14-22(19(25)21(2)18(20)24)13-17(23)15-9-5-3-6-10-15;1-20(17-11-7-4-8-12-17)14-21(2)19(24)22(15-20)13-18(23)16-9-5-3-6-10-16;1-2/h3,5-6,9-11H,4,7-8,12-14H2,1-2H3;3,5-6,9-11H,4,7-8,12-15H2,1-2H3;1-2H3. The minimum atomic E-state index is -0.736. The van der Waals surface area contributed by atoms with Crippen molar-refractivity contribution >= 4 is 29.5 Å². The van der Waals surface area contributed by atoms with Crippen LogP contribution in [0.1, 0.15) is 99.8 Å². The van der Waals surface area contributed by atoms with Crippen LogP contribution in [0.5, 0.6) is 0 Å². The lowest BCUT2D eigenvalue weighted by Gasteiger charge is -2.46. The fourth-order valence-corrected chi connectivity index (χ4v) is 7.75. The van der Waals surface area contributed by atoms with Crippen molar-refractivity contribution in [3.8, 4) is 0 Å². The quantitative estimate of drug-likeness (QED) is 0.206. The molecular weight excluding hydrogens is 640 g/mol. The van der Waals surface area contributed by atoms with Gasteiger partial charge >= 0.3 is 12.1 Å². The highest BCUT2D eigenvalue weighted by atomic mass is 16.2. The smallest absolute Gasteiger partial charge is 0.326 e. The summed E-state index contributed by atoms with van der Waals surface area (Å²) in [4.78, 5) is 69.1. The van der Waals surface area contributed by atoms with Crippen LogP contribution in [-0.2, 0) is 4.79 Å². The van der Waals surface area contributed by atoms with Gasteiger partial charge < -0.3 is 14.7 Å². The number of carbonyl (C=O) groups excluding carboxylic acids is 5. The minimum Gasteiger partial charge on any atom is -0.327 e. The fraction of sp³-hybridized carbons (Fsp3) is 0.500. The molecule has 0 radical (unpaired) electrons. The van der Waals surface area contributed by atoms with Gasteiger partial charge in [0.2, 0.25) is 5.91 Å². The predicted molar refractivity (Wildman–Crippen MR) is 202 cm³/mol. The van der Waals surface area contributed by atoms with E-state index in [2.05, 4.69) is 19.1 Å². The Bertz CT molecular complexity index is 1620. The van der Waals surface area contributed by atoms with Gasteiger partial charge in [-0.05, 0) is 58.3 Å². The van der Waals surface area contributed by atoms with Gasteiger partial charge in [-0.2, -0.15) is 0 Å². The van der Waals surface area contributed by atoms with Gasteiger partial charge in [0, 0.05) is 50.3 Å². The second-order valence-electron chi connectivity index (χ2n) is 14.4. The third kappa shape index (κ3) is 9.23. The first kappa shape index (κ1) is 39.3. The maximum atomic E-state index is 12.8. The number of hydrogen-bond acceptors (Lipinski definition) is 5. The maximum Gasteiger partial charge on any atom is 0.326 e. The van der Waals surface area contributed by atoms with Crippen molar-refractivity contribution in [1.82, 2.24) is 19.6 Å². The molecule has 2 saturated heterocycles. The molecule has 4 aliphatic rings. The van der Waals surface area contributed by atoms with Gasteiger partial charge in [0.15, 0.2) is 11.6 Å². The Kier molecular flexibility index (Phi) is 13.6. The van der Waals surface area contributed by atoms with E-state index in [0.717, 1.165) is 55.5 Å². The molecule has 5 amide bonds. The van der Waals surface area contributed by atoms with E-state index in [1.165, 1.54) is 30.4 Å². The Balaban J connectivity index is 0.000000218. The number of Topliss-reactive ketones (excluding diaryl/α,β-unsaturated/α-hetero) is 2. The third-order valence-corrected chi connectivity index (χ3v) is 10.5. The number of rotatable bonds is 8. The number of benzene rings is 2. The normalized spacial score (nSPS) is 23.7. The molecule has 274 valence electrons. The second-order valence-corrected chi connectivity index (χ2v) is 14.4. The van der Waals surface area contributed by atoms with Crippen molar-refractivity contribution in [2.24, 2.45) is 10.8 Å². The van der Waals surface area contributed by atoms with Crippen molar-refractivity contribution in [2.75, 3.05) is 46.8 Å². The number of allylic oxidation sites excluding steroid dienone is 2. The maximum absolute atomic E-state index is 12.8. The largest absolute Gasteiger partial charge is 0.327 e. The Labute approximate surface area is 304 Å². The van der Waals surface area contributed by atoms with Crippen LogP contribution < -0.4 is 0 Å². The minimum absolute atomic E-state index is 0.000719. The zero-order chi connectivity index (χ0) is 37.2. The number of urea groups is 2. The molecule has 2 atom stereocenters. The summed E-state index contributed by atoms with van der Waals surface area (Å²) in [6.07, 6.45) is 13.3. The summed E-state index contributed by atoms with van der Waals surface area (Å²) in [6, 6.07) is 17.7. The average Bonchev–Trinajstić information content (AvgIpc) is 3.17. The Hall–Kier alpha value is -4.53. The van der Waals surface area contributed by atoms with E-state index in [4.69, 9.17) is 0 Å². The van der Waals surface area contributed by atoms with Crippen LogP contribution >= 0.6 is 0 Å². The summed E-state index contributed by atoms with van der Waals surface area (Å²) in [5.74, 6) is -0.287. The molecule has 2 aromatic carbocycles. The molecule has 2 fully saturated rings. The zero-order valence-electron chi connectivity index (χ0n) is 31.5. The Morgan fingerprint density at radius 2 is 1.10 bits per heavy atom. The molecule has 2 unspecified atom stereocenters. The van der Waals surface area contributed by atoms with Gasteiger partial charge in [-0.15, -0.1) is 0 Å². The van der Waals surface area contributed by atoms with Crippen LogP contribution in [0.4, 0.5) is 9.59 Å². The van der Waals surface area contributed by atoms with E-state index in [9.17, 15) is 24.0 Å². The first-order valence-electron chi connectivity index (χ1n) is 18.6. The van der Waals surface area contributed by atoms with E-state index in [1.807, 2.05) is 64.2 Å². The summed E-state index contributed by atoms with van der Waals surface area (Å²) in [6.45, 7) is 9.88. The molecule has 0 saturated carbocycles. The lowest BCUT2D eigenvalue weighted by molar-refractivity contribution is -0.139. The van der Waals surface area contributed by atoms with Gasteiger partial charge in [-0.1, -0.05) is 105 Å². The number of hydrogen-bond donors (Lipinski definition) is 0. The van der Waals surface area contributed by atoms with Crippen molar-refractivity contribution in [3.05, 3.63) is 95.1 Å². The monoisotopic (exact) mass is 696 g/mol. The predicted octanol–water partition coefficient (Wildman–Crippen LogP) is 8.04. The lowest BCUT2D eigenvalue weighted by Crippen LogP contribution is -2.61. The summed E-state index contributed by atoms with van der Waals surface area (Å²) in [7, 11) is 3.34. The topological polar surface area (TPSA) is 98.3 Å². The molecule has 2 aliphatic heterocycles. The van der Waals surface area contributed by atoms with Gasteiger partial charge in [-0.25, -0.2) is 9.59 Å². The SMILES string of the molecule is CC.CN1C(=O)N(CC(=O)c2ccccc2)CC(C)(C2=CCCCC2)C1=O.CN1CC(C)(C2=CCCCC2)CN(CC(=O)c2ccccc2)C1=O. The van der Waals surface area contributed by atoms with Crippen LogP contribution in [-0.4, -0.2) is 96.0 Å². The van der Waals surface area contributed by atoms with E-state index in [1.54, 1.807) is 34.1 Å². The van der Waals surface area contributed by atoms with E-state index < -0.39 is 11.4 Å². The third-order valence-electron chi connectivity index (χ3n) is 10.5. The van der Waals surface area contributed by atoms with Crippen molar-refractivity contribution in [1.29, 1.82) is 0 Å². The van der Waals surface area contributed by atoms with Crippen molar-refractivity contribution in [3.63, 3.8) is 0 Å². The summed E-state index contributed by atoms with van der Waals surface area (Å²) < 4.78 is 0. The molecule has 9 nitrogen and oxygen atoms in total. The molecule has 2 aromatic rings. The summed E-state index contributed by atoms with van der Waals surface area (Å²) in [5.41, 5.74) is 3.00. The molecule has 0 spiro atoms. The molecule has 0 aromatic heterocycles. The number of imide groups is 1. The highest BCUT2D eigenvalue weighted by molar-refractivity contribution is 6.04. The van der Waals surface area contributed by atoms with Crippen LogP contribution in [0.25, 0.3) is 0 Å². The number of amides is 5. The van der Waals surface area contributed by atoms with E-state index in [-0.39, 0.29) is 48.6 Å². The number of carbonyl (C=O) groups is 5. The Morgan fingerprint density at radius 1 is 0.627 bits per heavy atom. The molecular formula is C42H56N4O5. The number of nitrogens with zero attached hydrogens (tertiary/aromatic N) is 4. The molecule has 6 rings (SSSR count). The van der Waals surface area contributed by atoms with Crippen molar-refractivity contribution in [2.45, 2.75) is 79.1 Å². The van der Waals surface area contributed by atoms with E-state index in [0.29, 0.717) is 17.7 Å². The second kappa shape index (κ2) is 17.6. The van der Waals surface area contributed by atoms with Gasteiger partial charge in [0.05, 0.1) is 18.5 Å². The van der Waals surface area contributed by atoms with Crippen LogP contribution in [0.15, 0.2) is 84.0 Å². The molecule has 51 heavy (non-hydrogen) atoms. The van der Waals surface area contributed by atoms with E-state index >= 15 is 0 Å². The first-order valence-corrected chi connectivity index (χ1v) is 18.6. The first-order chi connectivity index (χ1) is 24.4. The van der Waals surface area contributed by atoms with Gasteiger partial charge in [0.1, 0.15) is 0 Å². The molecule has 0 bridgehead atoms. The van der Waals surface area contributed by atoms with Gasteiger partial charge in [-0.3, -0.25) is 19.3 Å². The molecule has 0 N–H and O–H groups in total. The molecule has 2 heterocycles. The number of ketones is 2. The lowest BCUT2D eigenvalue weighted by atomic mass is 9.74. The highest BCUT2D eigenvalue weighted by Crippen LogP contribution is 2.40. The average molecular weight is 697 g/mol. The molecule has 9 heteroatoms. The van der Waals surface area contributed by atoms with Crippen LogP contribution in [0.3, 0.4) is 0 Å². The summed E-state index contributed by atoms with van der Waals surface area (Å²) >= 11 is 0. The molecule has 2 aliphatic carbocycles. The van der Waals surface area contributed by atoms with Crippen LogP contribution in [0, 0.1) is 10.8 Å². The summed E-state index contributed by atoms with van der Waals surface area (Å²) in [5, 5.41) is 0. The fourth-order valence-electron chi connectivity index (χ4n) is 7.75. The Morgan fingerprint density at radius 3 is 1.57 bits per heavy atom. The van der Waals surface area contributed by atoms with Crippen LogP contribution in [0.2, 0.25) is 0 Å². The van der Waals surface area contributed by atoms with Crippen molar-refractivity contribution < 1.29 is 24.0 Å².